The van der Waals surface area contributed by atoms with E-state index >= 15 is 0 Å². The molecule has 1 saturated heterocycles. The van der Waals surface area contributed by atoms with Gasteiger partial charge >= 0.3 is 5.97 Å². The highest BCUT2D eigenvalue weighted by atomic mass is 16.6. The summed E-state index contributed by atoms with van der Waals surface area (Å²) in [6, 6.07) is 10.3. The van der Waals surface area contributed by atoms with E-state index in [0.717, 1.165) is 12.8 Å². The first-order valence-electron chi connectivity index (χ1n) is 6.25. The van der Waals surface area contributed by atoms with Gasteiger partial charge in [-0.3, -0.25) is 4.79 Å². The lowest BCUT2D eigenvalue weighted by atomic mass is 10.00. The maximum atomic E-state index is 11.2. The fraction of sp³-hybridized carbons (Fsp3) is 0.400. The maximum Gasteiger partial charge on any atom is 0.306 e. The molecule has 0 N–H and O–H groups in total. The Morgan fingerprint density at radius 1 is 1.18 bits per heavy atom. The van der Waals surface area contributed by atoms with Gasteiger partial charge in [0.15, 0.2) is 0 Å². The molecule has 2 nitrogen and oxygen atoms in total. The van der Waals surface area contributed by atoms with Gasteiger partial charge in [0, 0.05) is 11.8 Å². The van der Waals surface area contributed by atoms with E-state index in [0.29, 0.717) is 18.3 Å². The second-order valence-corrected chi connectivity index (χ2v) is 4.93. The van der Waals surface area contributed by atoms with Crippen molar-refractivity contribution in [1.29, 1.82) is 0 Å². The first-order valence-corrected chi connectivity index (χ1v) is 6.25. The van der Waals surface area contributed by atoms with Crippen LogP contribution in [0.3, 0.4) is 0 Å². The molecule has 88 valence electrons. The Bertz CT molecular complexity index is 435. The molecule has 0 bridgehead atoms. The zero-order valence-corrected chi connectivity index (χ0v) is 9.71. The summed E-state index contributed by atoms with van der Waals surface area (Å²) in [5, 5.41) is 0. The molecular weight excluding hydrogens is 212 g/mol. The minimum Gasteiger partial charge on any atom is -0.461 e. The van der Waals surface area contributed by atoms with Gasteiger partial charge in [-0.2, -0.15) is 0 Å². The SMILES string of the molecule is O=C1C[C@H]2CC[C@H](/C=C/c3ccccc3)[C@H]2O1. The van der Waals surface area contributed by atoms with Crippen molar-refractivity contribution < 1.29 is 9.53 Å². The second-order valence-electron chi connectivity index (χ2n) is 4.93. The molecule has 1 aliphatic heterocycles. The number of benzene rings is 1. The topological polar surface area (TPSA) is 26.3 Å². The molecule has 1 aromatic rings. The van der Waals surface area contributed by atoms with E-state index in [1.54, 1.807) is 0 Å². The molecule has 3 rings (SSSR count). The Kier molecular flexibility index (Phi) is 2.71. The molecule has 0 amide bonds. The number of hydrogen-bond donors (Lipinski definition) is 0. The third kappa shape index (κ3) is 2.12. The molecule has 2 fully saturated rings. The van der Waals surface area contributed by atoms with E-state index in [1.165, 1.54) is 5.56 Å². The van der Waals surface area contributed by atoms with Crippen LogP contribution in [0.1, 0.15) is 24.8 Å². The summed E-state index contributed by atoms with van der Waals surface area (Å²) in [6.07, 6.45) is 7.38. The van der Waals surface area contributed by atoms with Crippen LogP contribution >= 0.6 is 0 Å². The largest absolute Gasteiger partial charge is 0.461 e. The van der Waals surface area contributed by atoms with Gasteiger partial charge in [0.05, 0.1) is 6.42 Å². The van der Waals surface area contributed by atoms with Crippen LogP contribution in [-0.4, -0.2) is 12.1 Å². The fourth-order valence-corrected chi connectivity index (χ4v) is 2.91. The van der Waals surface area contributed by atoms with Crippen LogP contribution in [0.4, 0.5) is 0 Å². The highest BCUT2D eigenvalue weighted by Crippen LogP contribution is 2.41. The number of rotatable bonds is 2. The molecule has 17 heavy (non-hydrogen) atoms. The monoisotopic (exact) mass is 228 g/mol. The Balaban J connectivity index is 1.70. The van der Waals surface area contributed by atoms with Gasteiger partial charge in [-0.25, -0.2) is 0 Å². The standard InChI is InChI=1S/C15H16O2/c16-14-10-13-9-8-12(15(13)17-14)7-6-11-4-2-1-3-5-11/h1-7,12-13,15H,8-10H2/b7-6+/t12-,13+,15+/m0/s1. The molecule has 1 aromatic carbocycles. The Morgan fingerprint density at radius 2 is 2.00 bits per heavy atom. The van der Waals surface area contributed by atoms with Crippen LogP contribution in [0.25, 0.3) is 6.08 Å². The Labute approximate surface area is 101 Å². The van der Waals surface area contributed by atoms with Crippen molar-refractivity contribution in [3.63, 3.8) is 0 Å². The van der Waals surface area contributed by atoms with Gasteiger partial charge in [0.1, 0.15) is 6.10 Å². The van der Waals surface area contributed by atoms with Gasteiger partial charge in [-0.05, 0) is 18.4 Å². The first-order chi connectivity index (χ1) is 8.33. The van der Waals surface area contributed by atoms with Crippen molar-refractivity contribution in [2.75, 3.05) is 0 Å². The lowest BCUT2D eigenvalue weighted by Gasteiger charge is -2.13. The predicted octanol–water partition coefficient (Wildman–Crippen LogP) is 3.04. The molecule has 2 heteroatoms. The van der Waals surface area contributed by atoms with E-state index in [2.05, 4.69) is 24.3 Å². The van der Waals surface area contributed by atoms with E-state index in [1.807, 2.05) is 18.2 Å². The van der Waals surface area contributed by atoms with E-state index < -0.39 is 0 Å². The van der Waals surface area contributed by atoms with Crippen LogP contribution in [0.15, 0.2) is 36.4 Å². The summed E-state index contributed by atoms with van der Waals surface area (Å²) in [4.78, 5) is 11.2. The lowest BCUT2D eigenvalue weighted by molar-refractivity contribution is -0.142. The van der Waals surface area contributed by atoms with Crippen molar-refractivity contribution >= 4 is 12.0 Å². The molecule has 0 unspecified atom stereocenters. The van der Waals surface area contributed by atoms with Crippen molar-refractivity contribution in [3.8, 4) is 0 Å². The van der Waals surface area contributed by atoms with Gasteiger partial charge in [-0.15, -0.1) is 0 Å². The minimum atomic E-state index is -0.0159. The van der Waals surface area contributed by atoms with Crippen LogP contribution < -0.4 is 0 Å². The molecule has 0 spiro atoms. The molecular formula is C15H16O2. The summed E-state index contributed by atoms with van der Waals surface area (Å²) in [7, 11) is 0. The molecule has 3 atom stereocenters. The third-order valence-corrected chi connectivity index (χ3v) is 3.79. The zero-order chi connectivity index (χ0) is 11.7. The van der Waals surface area contributed by atoms with Crippen LogP contribution in [-0.2, 0) is 9.53 Å². The normalized spacial score (nSPS) is 31.8. The van der Waals surface area contributed by atoms with E-state index in [9.17, 15) is 4.79 Å². The van der Waals surface area contributed by atoms with Gasteiger partial charge in [-0.1, -0.05) is 42.5 Å². The summed E-state index contributed by atoms with van der Waals surface area (Å²) in [5.74, 6) is 0.859. The summed E-state index contributed by atoms with van der Waals surface area (Å²) >= 11 is 0. The maximum absolute atomic E-state index is 11.2. The highest BCUT2D eigenvalue weighted by Gasteiger charge is 2.43. The van der Waals surface area contributed by atoms with Crippen molar-refractivity contribution in [2.24, 2.45) is 11.8 Å². The van der Waals surface area contributed by atoms with Gasteiger partial charge < -0.3 is 4.74 Å². The third-order valence-electron chi connectivity index (χ3n) is 3.79. The zero-order valence-electron chi connectivity index (χ0n) is 9.71. The minimum absolute atomic E-state index is 0.0159. The number of esters is 1. The van der Waals surface area contributed by atoms with Crippen LogP contribution in [0.5, 0.6) is 0 Å². The average molecular weight is 228 g/mol. The Morgan fingerprint density at radius 3 is 2.82 bits per heavy atom. The lowest BCUT2D eigenvalue weighted by Crippen LogP contribution is -2.16. The number of carbonyl (C=O) groups excluding carboxylic acids is 1. The van der Waals surface area contributed by atoms with E-state index in [4.69, 9.17) is 4.74 Å². The first kappa shape index (κ1) is 10.6. The summed E-state index contributed by atoms with van der Waals surface area (Å²) in [6.45, 7) is 0. The number of ether oxygens (including phenoxy) is 1. The molecule has 0 radical (unpaired) electrons. The van der Waals surface area contributed by atoms with Crippen molar-refractivity contribution in [3.05, 3.63) is 42.0 Å². The predicted molar refractivity (Wildman–Crippen MR) is 66.2 cm³/mol. The highest BCUT2D eigenvalue weighted by molar-refractivity contribution is 5.72. The van der Waals surface area contributed by atoms with E-state index in [-0.39, 0.29) is 12.1 Å². The second kappa shape index (κ2) is 4.36. The smallest absolute Gasteiger partial charge is 0.306 e. The van der Waals surface area contributed by atoms with Crippen molar-refractivity contribution in [2.45, 2.75) is 25.4 Å². The van der Waals surface area contributed by atoms with Crippen molar-refractivity contribution in [1.82, 2.24) is 0 Å². The average Bonchev–Trinajstić information content (AvgIpc) is 2.87. The number of fused-ring (bicyclic) bond motifs is 1. The quantitative estimate of drug-likeness (QED) is 0.727. The molecule has 1 aliphatic carbocycles. The summed E-state index contributed by atoms with van der Waals surface area (Å²) < 4.78 is 5.40. The molecule has 0 aromatic heterocycles. The molecule has 1 saturated carbocycles. The van der Waals surface area contributed by atoms with Crippen LogP contribution in [0.2, 0.25) is 0 Å². The number of carbonyl (C=O) groups is 1. The van der Waals surface area contributed by atoms with Gasteiger partial charge in [0.25, 0.3) is 0 Å². The van der Waals surface area contributed by atoms with Gasteiger partial charge in [0.2, 0.25) is 0 Å². The molecule has 1 heterocycles. The Hall–Kier alpha value is -1.57. The number of hydrogen-bond acceptors (Lipinski definition) is 2. The summed E-state index contributed by atoms with van der Waals surface area (Å²) in [5.41, 5.74) is 1.21. The molecule has 2 aliphatic rings. The van der Waals surface area contributed by atoms with Crippen LogP contribution in [0, 0.1) is 11.8 Å². The fourth-order valence-electron chi connectivity index (χ4n) is 2.91.